The fourth-order valence-corrected chi connectivity index (χ4v) is 2.80. The van der Waals surface area contributed by atoms with E-state index in [-0.39, 0.29) is 5.54 Å². The van der Waals surface area contributed by atoms with Gasteiger partial charge in [-0.1, -0.05) is 30.2 Å². The molecule has 0 atom stereocenters. The molecule has 0 bridgehead atoms. The number of rotatable bonds is 5. The van der Waals surface area contributed by atoms with Gasteiger partial charge < -0.3 is 10.2 Å². The van der Waals surface area contributed by atoms with Crippen molar-refractivity contribution >= 4 is 11.6 Å². The first-order valence-corrected chi connectivity index (χ1v) is 7.69. The zero-order chi connectivity index (χ0) is 13.7. The van der Waals surface area contributed by atoms with Gasteiger partial charge in [-0.05, 0) is 57.5 Å². The van der Waals surface area contributed by atoms with Crippen LogP contribution in [0.15, 0.2) is 24.3 Å². The Bertz CT molecular complexity index is 380. The van der Waals surface area contributed by atoms with Gasteiger partial charge in [0.05, 0.1) is 0 Å². The molecule has 1 N–H and O–H groups in total. The third-order valence-electron chi connectivity index (χ3n) is 4.01. The van der Waals surface area contributed by atoms with E-state index in [1.165, 1.54) is 37.9 Å². The van der Waals surface area contributed by atoms with Crippen molar-refractivity contribution in [1.29, 1.82) is 0 Å². The topological polar surface area (TPSA) is 15.3 Å². The normalized spacial score (nSPS) is 17.6. The van der Waals surface area contributed by atoms with E-state index >= 15 is 0 Å². The Morgan fingerprint density at radius 1 is 1.11 bits per heavy atom. The van der Waals surface area contributed by atoms with Crippen LogP contribution >= 0.6 is 11.6 Å². The highest BCUT2D eigenvalue weighted by Crippen LogP contribution is 2.21. The highest BCUT2D eigenvalue weighted by Gasteiger charge is 2.19. The minimum absolute atomic E-state index is 0.000373. The predicted octanol–water partition coefficient (Wildman–Crippen LogP) is 3.65. The summed E-state index contributed by atoms with van der Waals surface area (Å²) in [6, 6.07) is 8.14. The van der Waals surface area contributed by atoms with E-state index in [2.05, 4.69) is 36.2 Å². The second kappa shape index (κ2) is 6.74. The number of benzene rings is 1. The average Bonchev–Trinajstić information content (AvgIpc) is 2.40. The van der Waals surface area contributed by atoms with Crippen LogP contribution in [0.25, 0.3) is 0 Å². The molecular weight excluding hydrogens is 256 g/mol. The molecule has 0 saturated carbocycles. The molecule has 1 aromatic carbocycles. The van der Waals surface area contributed by atoms with E-state index in [0.717, 1.165) is 18.1 Å². The third kappa shape index (κ3) is 4.48. The molecule has 19 heavy (non-hydrogen) atoms. The number of halogens is 1. The lowest BCUT2D eigenvalue weighted by atomic mass is 9.94. The lowest BCUT2D eigenvalue weighted by Gasteiger charge is -2.31. The second-order valence-corrected chi connectivity index (χ2v) is 6.40. The molecule has 0 unspecified atom stereocenters. The Morgan fingerprint density at radius 3 is 2.37 bits per heavy atom. The number of likely N-dealkylation sites (tertiary alicyclic amines) is 1. The summed E-state index contributed by atoms with van der Waals surface area (Å²) in [5.41, 5.74) is 1.29. The average molecular weight is 281 g/mol. The molecule has 0 amide bonds. The van der Waals surface area contributed by atoms with Crippen LogP contribution in [0.5, 0.6) is 0 Å². The largest absolute Gasteiger partial charge is 0.307 e. The second-order valence-electron chi connectivity index (χ2n) is 5.96. The molecule has 2 nitrogen and oxygen atoms in total. The van der Waals surface area contributed by atoms with Crippen molar-refractivity contribution in [2.45, 2.75) is 38.6 Å². The molecule has 106 valence electrons. The number of hydrogen-bond donors (Lipinski definition) is 1. The molecule has 2 rings (SSSR count). The van der Waals surface area contributed by atoms with Crippen molar-refractivity contribution in [3.8, 4) is 0 Å². The minimum Gasteiger partial charge on any atom is -0.307 e. The number of nitrogens with one attached hydrogen (secondary N) is 1. The zero-order valence-electron chi connectivity index (χ0n) is 12.1. The van der Waals surface area contributed by atoms with Crippen molar-refractivity contribution in [2.24, 2.45) is 0 Å². The van der Waals surface area contributed by atoms with E-state index in [9.17, 15) is 0 Å². The van der Waals surface area contributed by atoms with Crippen LogP contribution in [0, 0.1) is 0 Å². The van der Waals surface area contributed by atoms with Crippen LogP contribution in [-0.2, 0) is 5.54 Å². The molecule has 1 heterocycles. The molecule has 1 fully saturated rings. The van der Waals surface area contributed by atoms with Crippen molar-refractivity contribution in [3.05, 3.63) is 34.9 Å². The maximum absolute atomic E-state index is 5.94. The van der Waals surface area contributed by atoms with Gasteiger partial charge in [-0.25, -0.2) is 0 Å². The summed E-state index contributed by atoms with van der Waals surface area (Å²) in [7, 11) is 0. The van der Waals surface area contributed by atoms with E-state index in [1.807, 2.05) is 12.1 Å². The van der Waals surface area contributed by atoms with Crippen molar-refractivity contribution < 1.29 is 0 Å². The lowest BCUT2D eigenvalue weighted by Crippen LogP contribution is -2.42. The SMILES string of the molecule is CC(C)(NCCN1CCCCC1)c1ccc(Cl)cc1. The van der Waals surface area contributed by atoms with E-state index in [1.54, 1.807) is 0 Å². The van der Waals surface area contributed by atoms with E-state index in [0.29, 0.717) is 0 Å². The third-order valence-corrected chi connectivity index (χ3v) is 4.26. The number of nitrogens with zero attached hydrogens (tertiary/aromatic N) is 1. The lowest BCUT2D eigenvalue weighted by molar-refractivity contribution is 0.220. The van der Waals surface area contributed by atoms with Crippen LogP contribution in [-0.4, -0.2) is 31.1 Å². The quantitative estimate of drug-likeness (QED) is 0.886. The van der Waals surface area contributed by atoms with Gasteiger partial charge in [0.15, 0.2) is 0 Å². The van der Waals surface area contributed by atoms with Gasteiger partial charge in [0.25, 0.3) is 0 Å². The van der Waals surface area contributed by atoms with E-state index < -0.39 is 0 Å². The van der Waals surface area contributed by atoms with Gasteiger partial charge in [-0.2, -0.15) is 0 Å². The molecule has 0 aromatic heterocycles. The molecule has 1 aliphatic rings. The van der Waals surface area contributed by atoms with Gasteiger partial charge >= 0.3 is 0 Å². The fourth-order valence-electron chi connectivity index (χ4n) is 2.68. The summed E-state index contributed by atoms with van der Waals surface area (Å²) < 4.78 is 0. The summed E-state index contributed by atoms with van der Waals surface area (Å²) in [6.07, 6.45) is 4.13. The molecule has 1 aliphatic heterocycles. The van der Waals surface area contributed by atoms with Crippen LogP contribution in [0.1, 0.15) is 38.7 Å². The molecule has 0 aliphatic carbocycles. The Morgan fingerprint density at radius 2 is 1.74 bits per heavy atom. The molecule has 1 aromatic rings. The summed E-state index contributed by atoms with van der Waals surface area (Å²) in [6.45, 7) is 9.18. The minimum atomic E-state index is 0.000373. The number of hydrogen-bond acceptors (Lipinski definition) is 2. The monoisotopic (exact) mass is 280 g/mol. The summed E-state index contributed by atoms with van der Waals surface area (Å²) in [5.74, 6) is 0. The molecule has 1 saturated heterocycles. The van der Waals surface area contributed by atoms with E-state index in [4.69, 9.17) is 11.6 Å². The van der Waals surface area contributed by atoms with Gasteiger partial charge in [0.1, 0.15) is 0 Å². The first-order chi connectivity index (χ1) is 9.08. The zero-order valence-corrected chi connectivity index (χ0v) is 12.8. The molecule has 3 heteroatoms. The standard InChI is InChI=1S/C16H25ClN2/c1-16(2,14-6-8-15(17)9-7-14)18-10-13-19-11-4-3-5-12-19/h6-9,18H,3-5,10-13H2,1-2H3. The summed E-state index contributed by atoms with van der Waals surface area (Å²) >= 11 is 5.94. The Labute approximate surface area is 122 Å². The molecule has 0 radical (unpaired) electrons. The van der Waals surface area contributed by atoms with Crippen molar-refractivity contribution in [3.63, 3.8) is 0 Å². The van der Waals surface area contributed by atoms with Crippen LogP contribution in [0.2, 0.25) is 5.02 Å². The first kappa shape index (κ1) is 14.8. The molecular formula is C16H25ClN2. The van der Waals surface area contributed by atoms with Gasteiger partial charge in [-0.3, -0.25) is 0 Å². The van der Waals surface area contributed by atoms with Gasteiger partial charge in [0, 0.05) is 23.7 Å². The molecule has 0 spiro atoms. The first-order valence-electron chi connectivity index (χ1n) is 7.31. The number of piperidine rings is 1. The summed E-state index contributed by atoms with van der Waals surface area (Å²) in [4.78, 5) is 2.56. The van der Waals surface area contributed by atoms with Gasteiger partial charge in [-0.15, -0.1) is 0 Å². The maximum Gasteiger partial charge on any atom is 0.0406 e. The fraction of sp³-hybridized carbons (Fsp3) is 0.625. The van der Waals surface area contributed by atoms with Crippen LogP contribution in [0.3, 0.4) is 0 Å². The highest BCUT2D eigenvalue weighted by atomic mass is 35.5. The van der Waals surface area contributed by atoms with Crippen molar-refractivity contribution in [1.82, 2.24) is 10.2 Å². The summed E-state index contributed by atoms with van der Waals surface area (Å²) in [5, 5.41) is 4.46. The highest BCUT2D eigenvalue weighted by molar-refractivity contribution is 6.30. The Hall–Kier alpha value is -0.570. The smallest absolute Gasteiger partial charge is 0.0406 e. The predicted molar refractivity (Wildman–Crippen MR) is 82.8 cm³/mol. The maximum atomic E-state index is 5.94. The Balaban J connectivity index is 1.81. The Kier molecular flexibility index (Phi) is 5.26. The van der Waals surface area contributed by atoms with Crippen LogP contribution < -0.4 is 5.32 Å². The van der Waals surface area contributed by atoms with Gasteiger partial charge in [0.2, 0.25) is 0 Å². The van der Waals surface area contributed by atoms with Crippen molar-refractivity contribution in [2.75, 3.05) is 26.2 Å². The van der Waals surface area contributed by atoms with Crippen LogP contribution in [0.4, 0.5) is 0 Å².